The molecule has 1 aromatic heterocycles. The van der Waals surface area contributed by atoms with E-state index in [9.17, 15) is 0 Å². The summed E-state index contributed by atoms with van der Waals surface area (Å²) in [6, 6.07) is 7.34. The van der Waals surface area contributed by atoms with E-state index in [1.54, 1.807) is 12.1 Å². The Balaban J connectivity index is 2.10. The highest BCUT2D eigenvalue weighted by molar-refractivity contribution is 6.32. The molecule has 5 nitrogen and oxygen atoms in total. The number of halogens is 1. The first-order valence-electron chi connectivity index (χ1n) is 6.14. The van der Waals surface area contributed by atoms with Crippen LogP contribution in [0.1, 0.15) is 11.3 Å². The highest BCUT2D eigenvalue weighted by Crippen LogP contribution is 2.21. The summed E-state index contributed by atoms with van der Waals surface area (Å²) in [6.45, 7) is 0.638. The Morgan fingerprint density at radius 3 is 2.75 bits per heavy atom. The molecular weight excluding hydrogens is 274 g/mol. The maximum Gasteiger partial charge on any atom is 0.204 e. The molecule has 0 fully saturated rings. The number of hydrogen-bond acceptors (Lipinski definition) is 4. The van der Waals surface area contributed by atoms with Crippen molar-refractivity contribution in [1.29, 1.82) is 5.26 Å². The molecule has 0 spiro atoms. The maximum absolute atomic E-state index is 8.84. The van der Waals surface area contributed by atoms with Crippen molar-refractivity contribution in [3.05, 3.63) is 40.7 Å². The number of nitrogens with zero attached hydrogens (tertiary/aromatic N) is 4. The van der Waals surface area contributed by atoms with Gasteiger partial charge in [-0.1, -0.05) is 11.6 Å². The number of benzene rings is 1. The van der Waals surface area contributed by atoms with Crippen molar-refractivity contribution in [3.63, 3.8) is 0 Å². The Morgan fingerprint density at radius 2 is 2.20 bits per heavy atom. The zero-order valence-corrected chi connectivity index (χ0v) is 12.4. The standard InChI is InChI=1S/C14H16ClN5/c1-19(2)14-18-9-12(20(14)3)8-17-11-5-4-10(7-16)13(15)6-11/h4-6,9,17H,8H2,1-3H3. The van der Waals surface area contributed by atoms with Crippen LogP contribution in [0.4, 0.5) is 11.6 Å². The minimum atomic E-state index is 0.455. The molecule has 2 rings (SSSR count). The highest BCUT2D eigenvalue weighted by atomic mass is 35.5. The van der Waals surface area contributed by atoms with Gasteiger partial charge in [-0.15, -0.1) is 0 Å². The van der Waals surface area contributed by atoms with Crippen LogP contribution >= 0.6 is 11.6 Å². The van der Waals surface area contributed by atoms with Crippen LogP contribution in [0.5, 0.6) is 0 Å². The lowest BCUT2D eigenvalue weighted by Gasteiger charge is -2.13. The average Bonchev–Trinajstić information content (AvgIpc) is 2.78. The molecule has 1 aromatic carbocycles. The number of imidazole rings is 1. The topological polar surface area (TPSA) is 56.9 Å². The Labute approximate surface area is 123 Å². The number of aromatic nitrogens is 2. The molecule has 20 heavy (non-hydrogen) atoms. The molecule has 0 aliphatic rings. The number of rotatable bonds is 4. The van der Waals surface area contributed by atoms with Gasteiger partial charge in [0, 0.05) is 26.8 Å². The fraction of sp³-hybridized carbons (Fsp3) is 0.286. The van der Waals surface area contributed by atoms with Gasteiger partial charge < -0.3 is 14.8 Å². The van der Waals surface area contributed by atoms with Crippen LogP contribution in [0.25, 0.3) is 0 Å². The molecular formula is C14H16ClN5. The van der Waals surface area contributed by atoms with Crippen LogP contribution < -0.4 is 10.2 Å². The maximum atomic E-state index is 8.84. The van der Waals surface area contributed by atoms with Gasteiger partial charge in [-0.05, 0) is 18.2 Å². The summed E-state index contributed by atoms with van der Waals surface area (Å²) in [7, 11) is 5.89. The van der Waals surface area contributed by atoms with Crippen molar-refractivity contribution in [2.75, 3.05) is 24.3 Å². The molecule has 0 amide bonds. The van der Waals surface area contributed by atoms with Crippen LogP contribution in [0.2, 0.25) is 5.02 Å². The lowest BCUT2D eigenvalue weighted by atomic mass is 10.2. The van der Waals surface area contributed by atoms with Gasteiger partial charge in [0.05, 0.1) is 29.0 Å². The first kappa shape index (κ1) is 14.2. The van der Waals surface area contributed by atoms with E-state index < -0.39 is 0 Å². The molecule has 1 heterocycles. The van der Waals surface area contributed by atoms with Crippen molar-refractivity contribution in [2.24, 2.45) is 7.05 Å². The van der Waals surface area contributed by atoms with Gasteiger partial charge in [0.2, 0.25) is 5.95 Å². The van der Waals surface area contributed by atoms with E-state index in [0.29, 0.717) is 17.1 Å². The molecule has 0 saturated carbocycles. The summed E-state index contributed by atoms with van der Waals surface area (Å²) >= 11 is 6.00. The third-order valence-corrected chi connectivity index (χ3v) is 3.34. The van der Waals surface area contributed by atoms with E-state index in [-0.39, 0.29) is 0 Å². The van der Waals surface area contributed by atoms with Gasteiger partial charge in [0.15, 0.2) is 0 Å². The number of anilines is 2. The van der Waals surface area contributed by atoms with E-state index >= 15 is 0 Å². The number of nitrogens with one attached hydrogen (secondary N) is 1. The lowest BCUT2D eigenvalue weighted by Crippen LogP contribution is -2.15. The fourth-order valence-electron chi connectivity index (χ4n) is 1.92. The molecule has 0 atom stereocenters. The molecule has 1 N–H and O–H groups in total. The van der Waals surface area contributed by atoms with E-state index in [4.69, 9.17) is 16.9 Å². The predicted octanol–water partition coefficient (Wildman–Crippen LogP) is 2.62. The zero-order chi connectivity index (χ0) is 14.7. The Bertz CT molecular complexity index is 654. The van der Waals surface area contributed by atoms with Gasteiger partial charge >= 0.3 is 0 Å². The van der Waals surface area contributed by atoms with Crippen LogP contribution in [0.15, 0.2) is 24.4 Å². The molecule has 6 heteroatoms. The van der Waals surface area contributed by atoms with Gasteiger partial charge in [0.1, 0.15) is 6.07 Å². The minimum absolute atomic E-state index is 0.455. The van der Waals surface area contributed by atoms with Crippen LogP contribution in [-0.2, 0) is 13.6 Å². The Kier molecular flexibility index (Phi) is 4.16. The van der Waals surface area contributed by atoms with Crippen molar-refractivity contribution >= 4 is 23.2 Å². The molecule has 0 aliphatic carbocycles. The van der Waals surface area contributed by atoms with Crippen LogP contribution in [-0.4, -0.2) is 23.6 Å². The van der Waals surface area contributed by atoms with E-state index in [1.165, 1.54) is 0 Å². The molecule has 0 radical (unpaired) electrons. The Hall–Kier alpha value is -2.19. The van der Waals surface area contributed by atoms with Crippen molar-refractivity contribution in [2.45, 2.75) is 6.54 Å². The summed E-state index contributed by atoms with van der Waals surface area (Å²) in [6.07, 6.45) is 1.84. The van der Waals surface area contributed by atoms with Gasteiger partial charge in [0.25, 0.3) is 0 Å². The van der Waals surface area contributed by atoms with E-state index in [0.717, 1.165) is 17.3 Å². The van der Waals surface area contributed by atoms with Crippen molar-refractivity contribution in [3.8, 4) is 6.07 Å². The summed E-state index contributed by atoms with van der Waals surface area (Å²) in [5.41, 5.74) is 2.42. The predicted molar refractivity (Wildman–Crippen MR) is 81.0 cm³/mol. The molecule has 104 valence electrons. The van der Waals surface area contributed by atoms with Crippen LogP contribution in [0, 0.1) is 11.3 Å². The molecule has 0 bridgehead atoms. The summed E-state index contributed by atoms with van der Waals surface area (Å²) in [5, 5.41) is 12.6. The second-order valence-electron chi connectivity index (χ2n) is 4.66. The largest absolute Gasteiger partial charge is 0.379 e. The third-order valence-electron chi connectivity index (χ3n) is 3.02. The first-order valence-corrected chi connectivity index (χ1v) is 6.52. The number of hydrogen-bond donors (Lipinski definition) is 1. The monoisotopic (exact) mass is 289 g/mol. The minimum Gasteiger partial charge on any atom is -0.379 e. The van der Waals surface area contributed by atoms with E-state index in [2.05, 4.69) is 10.3 Å². The average molecular weight is 290 g/mol. The smallest absolute Gasteiger partial charge is 0.204 e. The van der Waals surface area contributed by atoms with Crippen molar-refractivity contribution < 1.29 is 0 Å². The van der Waals surface area contributed by atoms with Gasteiger partial charge in [-0.3, -0.25) is 0 Å². The highest BCUT2D eigenvalue weighted by Gasteiger charge is 2.08. The number of nitriles is 1. The summed E-state index contributed by atoms with van der Waals surface area (Å²) in [5.74, 6) is 0.902. The van der Waals surface area contributed by atoms with E-state index in [1.807, 2.05) is 48.9 Å². The first-order chi connectivity index (χ1) is 9.52. The van der Waals surface area contributed by atoms with Gasteiger partial charge in [-0.25, -0.2) is 4.98 Å². The summed E-state index contributed by atoms with van der Waals surface area (Å²) in [4.78, 5) is 6.31. The SMILES string of the molecule is CN(C)c1ncc(CNc2ccc(C#N)c(Cl)c2)n1C. The van der Waals surface area contributed by atoms with Gasteiger partial charge in [-0.2, -0.15) is 5.26 Å². The Morgan fingerprint density at radius 1 is 1.45 bits per heavy atom. The quantitative estimate of drug-likeness (QED) is 0.940. The molecule has 0 unspecified atom stereocenters. The fourth-order valence-corrected chi connectivity index (χ4v) is 2.14. The molecule has 0 aliphatic heterocycles. The lowest BCUT2D eigenvalue weighted by molar-refractivity contribution is 0.814. The van der Waals surface area contributed by atoms with Crippen LogP contribution in [0.3, 0.4) is 0 Å². The summed E-state index contributed by atoms with van der Waals surface area (Å²) < 4.78 is 2.03. The second kappa shape index (κ2) is 5.85. The third kappa shape index (κ3) is 2.86. The van der Waals surface area contributed by atoms with Crippen molar-refractivity contribution in [1.82, 2.24) is 9.55 Å². The normalized spacial score (nSPS) is 10.2. The molecule has 0 saturated heterocycles. The zero-order valence-electron chi connectivity index (χ0n) is 11.7. The molecule has 2 aromatic rings. The second-order valence-corrected chi connectivity index (χ2v) is 5.07.